The van der Waals surface area contributed by atoms with Crippen molar-refractivity contribution in [3.05, 3.63) is 64.7 Å². The second-order valence-electron chi connectivity index (χ2n) is 7.19. The van der Waals surface area contributed by atoms with Gasteiger partial charge >= 0.3 is 0 Å². The molecular weight excluding hydrogens is 418 g/mol. The van der Waals surface area contributed by atoms with E-state index >= 15 is 0 Å². The van der Waals surface area contributed by atoms with Gasteiger partial charge in [0.1, 0.15) is 5.25 Å². The highest BCUT2D eigenvalue weighted by atomic mass is 32.2. The number of amidine groups is 1. The number of hydrogen-bond donors (Lipinski definition) is 1. The Morgan fingerprint density at radius 3 is 2.65 bits per heavy atom. The minimum Gasteiger partial charge on any atom is -0.326 e. The lowest BCUT2D eigenvalue weighted by atomic mass is 10.2. The van der Waals surface area contributed by atoms with Gasteiger partial charge in [-0.15, -0.1) is 0 Å². The predicted molar refractivity (Wildman–Crippen MR) is 122 cm³/mol. The van der Waals surface area contributed by atoms with Crippen LogP contribution in [0.1, 0.15) is 6.42 Å². The average molecular weight is 442 g/mol. The summed E-state index contributed by atoms with van der Waals surface area (Å²) in [7, 11) is 3.84. The molecule has 0 bridgehead atoms. The van der Waals surface area contributed by atoms with Gasteiger partial charge in [0.25, 0.3) is 5.69 Å². The summed E-state index contributed by atoms with van der Waals surface area (Å²) in [6.45, 7) is 1.13. The van der Waals surface area contributed by atoms with Crippen molar-refractivity contribution < 1.29 is 14.5 Å². The molecule has 1 saturated heterocycles. The third-order valence-electron chi connectivity index (χ3n) is 4.48. The zero-order chi connectivity index (χ0) is 22.4. The first-order valence-corrected chi connectivity index (χ1v) is 10.5. The van der Waals surface area contributed by atoms with E-state index in [9.17, 15) is 19.7 Å². The fraction of sp³-hybridized carbons (Fsp3) is 0.286. The van der Waals surface area contributed by atoms with Crippen molar-refractivity contribution in [2.45, 2.75) is 11.7 Å². The quantitative estimate of drug-likeness (QED) is 0.498. The molecule has 2 amide bonds. The zero-order valence-corrected chi connectivity index (χ0v) is 18.0. The first-order chi connectivity index (χ1) is 14.8. The fourth-order valence-corrected chi connectivity index (χ4v) is 4.11. The molecule has 3 rings (SSSR count). The van der Waals surface area contributed by atoms with E-state index < -0.39 is 10.2 Å². The van der Waals surface area contributed by atoms with E-state index in [1.54, 1.807) is 11.0 Å². The first-order valence-electron chi connectivity index (χ1n) is 9.64. The van der Waals surface area contributed by atoms with Crippen molar-refractivity contribution in [2.75, 3.05) is 32.5 Å². The highest BCUT2D eigenvalue weighted by molar-refractivity contribution is 8.15. The number of carbonyl (C=O) groups excluding carboxylic acids is 2. The van der Waals surface area contributed by atoms with Gasteiger partial charge in [0.15, 0.2) is 5.17 Å². The van der Waals surface area contributed by atoms with Gasteiger partial charge in [0, 0.05) is 37.3 Å². The second kappa shape index (κ2) is 10.2. The van der Waals surface area contributed by atoms with Crippen molar-refractivity contribution in [2.24, 2.45) is 4.99 Å². The summed E-state index contributed by atoms with van der Waals surface area (Å²) in [6, 6.07) is 15.0. The molecule has 31 heavy (non-hydrogen) atoms. The van der Waals surface area contributed by atoms with Crippen LogP contribution in [0.25, 0.3) is 0 Å². The first kappa shape index (κ1) is 22.4. The minimum atomic E-state index is -0.608. The monoisotopic (exact) mass is 441 g/mol. The largest absolute Gasteiger partial charge is 0.326 e. The molecule has 0 spiro atoms. The number of amides is 2. The number of rotatable bonds is 8. The molecule has 2 aromatic carbocycles. The number of anilines is 1. The van der Waals surface area contributed by atoms with E-state index in [0.29, 0.717) is 23.9 Å². The van der Waals surface area contributed by atoms with Crippen LogP contribution in [0.4, 0.5) is 17.1 Å². The van der Waals surface area contributed by atoms with E-state index in [4.69, 9.17) is 0 Å². The highest BCUT2D eigenvalue weighted by Crippen LogP contribution is 2.32. The molecule has 1 aliphatic rings. The summed E-state index contributed by atoms with van der Waals surface area (Å²) in [5.41, 5.74) is 0.933. The van der Waals surface area contributed by atoms with E-state index in [-0.39, 0.29) is 23.9 Å². The fourth-order valence-electron chi connectivity index (χ4n) is 2.92. The lowest BCUT2D eigenvalue weighted by Gasteiger charge is -2.19. The molecule has 0 radical (unpaired) electrons. The molecule has 10 heteroatoms. The number of nitrogens with zero attached hydrogens (tertiary/aromatic N) is 4. The molecule has 0 aromatic heterocycles. The number of nitro groups is 1. The SMILES string of the molecule is CN(C)CCN1C(=O)C(CC(=O)Nc2cccc([N+](=O)[O-])c2)SC1=Nc1ccccc1. The molecule has 1 fully saturated rings. The van der Waals surface area contributed by atoms with E-state index in [1.807, 2.05) is 49.3 Å². The number of benzene rings is 2. The number of carbonyl (C=O) groups is 2. The van der Waals surface area contributed by atoms with Crippen LogP contribution < -0.4 is 5.32 Å². The van der Waals surface area contributed by atoms with Crippen molar-refractivity contribution in [1.29, 1.82) is 0 Å². The Labute approximate surface area is 184 Å². The van der Waals surface area contributed by atoms with E-state index in [1.165, 1.54) is 30.0 Å². The van der Waals surface area contributed by atoms with Crippen molar-refractivity contribution >= 4 is 45.8 Å². The Morgan fingerprint density at radius 1 is 1.23 bits per heavy atom. The molecule has 9 nitrogen and oxygen atoms in total. The third-order valence-corrected chi connectivity index (χ3v) is 5.66. The molecule has 1 aliphatic heterocycles. The maximum Gasteiger partial charge on any atom is 0.271 e. The summed E-state index contributed by atoms with van der Waals surface area (Å²) in [5, 5.41) is 13.5. The lowest BCUT2D eigenvalue weighted by Crippen LogP contribution is -2.38. The third kappa shape index (κ3) is 6.12. The van der Waals surface area contributed by atoms with Gasteiger partial charge in [-0.25, -0.2) is 4.99 Å². The number of non-ortho nitro benzene ring substituents is 1. The molecule has 0 saturated carbocycles. The highest BCUT2D eigenvalue weighted by Gasteiger charge is 2.39. The van der Waals surface area contributed by atoms with Crippen LogP contribution in [-0.2, 0) is 9.59 Å². The van der Waals surface area contributed by atoms with Crippen LogP contribution >= 0.6 is 11.8 Å². The van der Waals surface area contributed by atoms with Crippen LogP contribution in [-0.4, -0.2) is 64.1 Å². The Hall–Kier alpha value is -3.24. The molecule has 1 N–H and O–H groups in total. The van der Waals surface area contributed by atoms with Gasteiger partial charge in [-0.1, -0.05) is 36.0 Å². The Bertz CT molecular complexity index is 996. The number of para-hydroxylation sites is 1. The summed E-state index contributed by atoms with van der Waals surface area (Å²) >= 11 is 1.26. The van der Waals surface area contributed by atoms with Crippen LogP contribution in [0.2, 0.25) is 0 Å². The average Bonchev–Trinajstić information content (AvgIpc) is 3.01. The number of hydrogen-bond acceptors (Lipinski definition) is 7. The van der Waals surface area contributed by atoms with E-state index in [2.05, 4.69) is 10.3 Å². The van der Waals surface area contributed by atoms with Crippen LogP contribution in [0, 0.1) is 10.1 Å². The van der Waals surface area contributed by atoms with Gasteiger partial charge in [-0.05, 0) is 32.3 Å². The Balaban J connectivity index is 1.72. The maximum atomic E-state index is 13.0. The lowest BCUT2D eigenvalue weighted by molar-refractivity contribution is -0.384. The maximum absolute atomic E-state index is 13.0. The summed E-state index contributed by atoms with van der Waals surface area (Å²) < 4.78 is 0. The van der Waals surface area contributed by atoms with Crippen molar-refractivity contribution in [3.8, 4) is 0 Å². The normalized spacial score (nSPS) is 17.4. The van der Waals surface area contributed by atoms with Crippen LogP contribution in [0.3, 0.4) is 0 Å². The molecular formula is C21H23N5O4S. The summed E-state index contributed by atoms with van der Waals surface area (Å²) in [6.07, 6.45) is -0.0571. The molecule has 1 heterocycles. The molecule has 162 valence electrons. The van der Waals surface area contributed by atoms with E-state index in [0.717, 1.165) is 5.69 Å². The smallest absolute Gasteiger partial charge is 0.271 e. The number of thioether (sulfide) groups is 1. The van der Waals surface area contributed by atoms with Gasteiger partial charge in [0.05, 0.1) is 10.6 Å². The molecule has 1 atom stereocenters. The number of likely N-dealkylation sites (N-methyl/N-ethyl adjacent to an activating group) is 1. The Kier molecular flexibility index (Phi) is 7.37. The predicted octanol–water partition coefficient (Wildman–Crippen LogP) is 3.12. The van der Waals surface area contributed by atoms with Gasteiger partial charge in [-0.3, -0.25) is 24.6 Å². The summed E-state index contributed by atoms with van der Waals surface area (Å²) in [4.78, 5) is 44.1. The van der Waals surface area contributed by atoms with Gasteiger partial charge in [-0.2, -0.15) is 0 Å². The van der Waals surface area contributed by atoms with Crippen molar-refractivity contribution in [1.82, 2.24) is 9.80 Å². The topological polar surface area (TPSA) is 108 Å². The number of aliphatic imine (C=N–C) groups is 1. The molecule has 2 aromatic rings. The zero-order valence-electron chi connectivity index (χ0n) is 17.2. The standard InChI is InChI=1S/C21H23N5O4S/c1-24(2)11-12-25-20(28)18(31-21(25)23-15-7-4-3-5-8-15)14-19(27)22-16-9-6-10-17(13-16)26(29)30/h3-10,13,18H,11-12,14H2,1-2H3,(H,22,27). The second-order valence-corrected chi connectivity index (χ2v) is 8.36. The van der Waals surface area contributed by atoms with Crippen LogP contribution in [0.5, 0.6) is 0 Å². The van der Waals surface area contributed by atoms with Crippen LogP contribution in [0.15, 0.2) is 59.6 Å². The van der Waals surface area contributed by atoms with Crippen molar-refractivity contribution in [3.63, 3.8) is 0 Å². The minimum absolute atomic E-state index is 0.0571. The molecule has 1 unspecified atom stereocenters. The number of nitro benzene ring substituents is 1. The number of nitrogens with one attached hydrogen (secondary N) is 1. The van der Waals surface area contributed by atoms with Gasteiger partial charge < -0.3 is 10.2 Å². The summed E-state index contributed by atoms with van der Waals surface area (Å²) in [5.74, 6) is -0.560. The van der Waals surface area contributed by atoms with Gasteiger partial charge in [0.2, 0.25) is 11.8 Å². The molecule has 0 aliphatic carbocycles. The Morgan fingerprint density at radius 2 is 1.97 bits per heavy atom.